The molecule has 0 spiro atoms. The molecule has 1 aromatic carbocycles. The summed E-state index contributed by atoms with van der Waals surface area (Å²) in [7, 11) is 0. The van der Waals surface area contributed by atoms with Gasteiger partial charge in [0.2, 0.25) is 0 Å². The van der Waals surface area contributed by atoms with Crippen LogP contribution in [0.4, 0.5) is 4.39 Å². The molecule has 1 rings (SSSR count). The summed E-state index contributed by atoms with van der Waals surface area (Å²) in [5, 5.41) is -0.610. The minimum atomic E-state index is -0.610. The van der Waals surface area contributed by atoms with Crippen LogP contribution in [-0.4, -0.2) is 11.8 Å². The monoisotopic (exact) mass is 232 g/mol. The van der Waals surface area contributed by atoms with Crippen LogP contribution in [0.5, 0.6) is 5.75 Å². The maximum absolute atomic E-state index is 12.9. The van der Waals surface area contributed by atoms with Gasteiger partial charge in [0, 0.05) is 6.07 Å². The van der Waals surface area contributed by atoms with E-state index in [0.29, 0.717) is 11.3 Å². The van der Waals surface area contributed by atoms with E-state index in [-0.39, 0.29) is 12.4 Å². The Morgan fingerprint density at radius 2 is 2.07 bits per heavy atom. The molecule has 0 amide bonds. The minimum absolute atomic E-state index is 0.246. The van der Waals surface area contributed by atoms with Crippen molar-refractivity contribution in [2.75, 3.05) is 6.61 Å². The number of hydrogen-bond donors (Lipinski definition) is 0. The van der Waals surface area contributed by atoms with Crippen molar-refractivity contribution in [3.05, 3.63) is 29.6 Å². The molecule has 0 unspecified atom stereocenters. The maximum Gasteiger partial charge on any atom is 0.259 e. The lowest BCUT2D eigenvalue weighted by Crippen LogP contribution is -2.04. The van der Waals surface area contributed by atoms with Gasteiger partial charge in [-0.1, -0.05) is 19.9 Å². The molecule has 0 heterocycles. The van der Waals surface area contributed by atoms with Crippen LogP contribution in [-0.2, 0) is 4.79 Å². The number of rotatable bonds is 3. The SMILES string of the molecule is CC.Cc1ccc(OCC(=O)Cl)cc1F. The predicted octanol–water partition coefficient (Wildman–Crippen LogP) is 3.30. The first-order valence-corrected chi connectivity index (χ1v) is 5.04. The number of benzene rings is 1. The van der Waals surface area contributed by atoms with Crippen molar-refractivity contribution in [2.24, 2.45) is 0 Å². The number of aryl methyl sites for hydroxylation is 1. The zero-order valence-corrected chi connectivity index (χ0v) is 9.77. The lowest BCUT2D eigenvalue weighted by Gasteiger charge is -2.03. The first-order valence-electron chi connectivity index (χ1n) is 4.67. The van der Waals surface area contributed by atoms with Gasteiger partial charge >= 0.3 is 0 Å². The van der Waals surface area contributed by atoms with Gasteiger partial charge in [-0.2, -0.15) is 0 Å². The molecule has 0 aliphatic rings. The van der Waals surface area contributed by atoms with Gasteiger partial charge in [0.1, 0.15) is 11.6 Å². The third-order valence-corrected chi connectivity index (χ3v) is 1.60. The second kappa shape index (κ2) is 7.23. The summed E-state index contributed by atoms with van der Waals surface area (Å²) in [6.07, 6.45) is 0. The van der Waals surface area contributed by atoms with Gasteiger partial charge in [0.15, 0.2) is 6.61 Å². The fraction of sp³-hybridized carbons (Fsp3) is 0.364. The second-order valence-corrected chi connectivity index (χ2v) is 2.98. The molecule has 4 heteroatoms. The molecule has 0 aliphatic carbocycles. The molecular formula is C11H14ClFO2. The molecule has 0 saturated heterocycles. The highest BCUT2D eigenvalue weighted by Crippen LogP contribution is 2.15. The highest BCUT2D eigenvalue weighted by Gasteiger charge is 2.01. The molecule has 0 N–H and O–H groups in total. The molecular weight excluding hydrogens is 219 g/mol. The van der Waals surface area contributed by atoms with Gasteiger partial charge in [-0.3, -0.25) is 4.79 Å². The molecule has 0 aromatic heterocycles. The standard InChI is InChI=1S/C9H8ClFO2.C2H6/c1-6-2-3-7(4-8(6)11)13-5-9(10)12;1-2/h2-4H,5H2,1H3;1-2H3. The smallest absolute Gasteiger partial charge is 0.259 e. The van der Waals surface area contributed by atoms with E-state index < -0.39 is 5.24 Å². The number of ether oxygens (including phenoxy) is 1. The lowest BCUT2D eigenvalue weighted by atomic mass is 10.2. The highest BCUT2D eigenvalue weighted by atomic mass is 35.5. The van der Waals surface area contributed by atoms with Crippen molar-refractivity contribution in [1.29, 1.82) is 0 Å². The normalized spacial score (nSPS) is 8.87. The van der Waals surface area contributed by atoms with Crippen molar-refractivity contribution >= 4 is 16.8 Å². The topological polar surface area (TPSA) is 26.3 Å². The van der Waals surface area contributed by atoms with Crippen molar-refractivity contribution in [3.63, 3.8) is 0 Å². The quantitative estimate of drug-likeness (QED) is 0.748. The highest BCUT2D eigenvalue weighted by molar-refractivity contribution is 6.63. The summed E-state index contributed by atoms with van der Waals surface area (Å²) in [4.78, 5) is 10.3. The van der Waals surface area contributed by atoms with Gasteiger partial charge in [-0.05, 0) is 30.2 Å². The Bertz CT molecular complexity index is 326. The van der Waals surface area contributed by atoms with E-state index in [2.05, 4.69) is 0 Å². The average molecular weight is 233 g/mol. The van der Waals surface area contributed by atoms with Crippen molar-refractivity contribution in [3.8, 4) is 5.75 Å². The van der Waals surface area contributed by atoms with E-state index in [4.69, 9.17) is 16.3 Å². The van der Waals surface area contributed by atoms with E-state index in [9.17, 15) is 9.18 Å². The van der Waals surface area contributed by atoms with Crippen molar-refractivity contribution in [2.45, 2.75) is 20.8 Å². The number of carbonyl (C=O) groups is 1. The number of carbonyl (C=O) groups excluding carboxylic acids is 1. The van der Waals surface area contributed by atoms with Gasteiger partial charge in [-0.25, -0.2) is 4.39 Å². The van der Waals surface area contributed by atoms with Crippen LogP contribution in [0.2, 0.25) is 0 Å². The Labute approximate surface area is 94.0 Å². The predicted molar refractivity (Wildman–Crippen MR) is 58.8 cm³/mol. The summed E-state index contributed by atoms with van der Waals surface area (Å²) in [5.74, 6) is -0.0587. The van der Waals surface area contributed by atoms with Crippen LogP contribution in [0.1, 0.15) is 19.4 Å². The molecule has 1 aromatic rings. The van der Waals surface area contributed by atoms with Gasteiger partial charge in [0.25, 0.3) is 5.24 Å². The van der Waals surface area contributed by atoms with Crippen LogP contribution >= 0.6 is 11.6 Å². The summed E-state index contributed by atoms with van der Waals surface area (Å²) in [5.41, 5.74) is 0.532. The van der Waals surface area contributed by atoms with Crippen LogP contribution in [0.25, 0.3) is 0 Å². The third kappa shape index (κ3) is 5.37. The Hall–Kier alpha value is -1.09. The number of halogens is 2. The van der Waals surface area contributed by atoms with E-state index in [1.165, 1.54) is 6.07 Å². The largest absolute Gasteiger partial charge is 0.484 e. The summed E-state index contributed by atoms with van der Waals surface area (Å²) in [6, 6.07) is 4.37. The van der Waals surface area contributed by atoms with Gasteiger partial charge < -0.3 is 4.74 Å². The van der Waals surface area contributed by atoms with E-state index >= 15 is 0 Å². The van der Waals surface area contributed by atoms with E-state index in [0.717, 1.165) is 0 Å². The lowest BCUT2D eigenvalue weighted by molar-refractivity contribution is -0.113. The second-order valence-electron chi connectivity index (χ2n) is 2.55. The molecule has 84 valence electrons. The van der Waals surface area contributed by atoms with E-state index in [1.54, 1.807) is 19.1 Å². The fourth-order valence-corrected chi connectivity index (χ4v) is 0.858. The maximum atomic E-state index is 12.9. The zero-order valence-electron chi connectivity index (χ0n) is 9.01. The van der Waals surface area contributed by atoms with E-state index in [1.807, 2.05) is 13.8 Å². The molecule has 2 nitrogen and oxygen atoms in total. The number of hydrogen-bond acceptors (Lipinski definition) is 2. The first kappa shape index (κ1) is 13.9. The average Bonchev–Trinajstić information content (AvgIpc) is 2.23. The molecule has 0 saturated carbocycles. The Morgan fingerprint density at radius 3 is 2.53 bits per heavy atom. The molecule has 0 fully saturated rings. The Kier molecular flexibility index (Phi) is 6.71. The van der Waals surface area contributed by atoms with Gasteiger partial charge in [-0.15, -0.1) is 0 Å². The third-order valence-electron chi connectivity index (χ3n) is 1.50. The van der Waals surface area contributed by atoms with Crippen molar-refractivity contribution in [1.82, 2.24) is 0 Å². The zero-order chi connectivity index (χ0) is 11.8. The van der Waals surface area contributed by atoms with Crippen LogP contribution in [0.3, 0.4) is 0 Å². The Balaban J connectivity index is 0.000000921. The minimum Gasteiger partial charge on any atom is -0.484 e. The van der Waals surface area contributed by atoms with Crippen LogP contribution < -0.4 is 4.74 Å². The molecule has 0 aliphatic heterocycles. The molecule has 15 heavy (non-hydrogen) atoms. The Morgan fingerprint density at radius 1 is 1.47 bits per heavy atom. The van der Waals surface area contributed by atoms with Crippen LogP contribution in [0, 0.1) is 12.7 Å². The molecule has 0 bridgehead atoms. The molecule has 0 radical (unpaired) electrons. The van der Waals surface area contributed by atoms with Gasteiger partial charge in [0.05, 0.1) is 0 Å². The fourth-order valence-electron chi connectivity index (χ4n) is 0.803. The first-order chi connectivity index (χ1) is 7.09. The summed E-state index contributed by atoms with van der Waals surface area (Å²) >= 11 is 5.04. The summed E-state index contributed by atoms with van der Waals surface area (Å²) in [6.45, 7) is 5.40. The molecule has 0 atom stereocenters. The van der Waals surface area contributed by atoms with Crippen molar-refractivity contribution < 1.29 is 13.9 Å². The van der Waals surface area contributed by atoms with Crippen LogP contribution in [0.15, 0.2) is 18.2 Å². The summed E-state index contributed by atoms with van der Waals surface area (Å²) < 4.78 is 17.8.